The lowest BCUT2D eigenvalue weighted by atomic mass is 10.1. The van der Waals surface area contributed by atoms with E-state index in [1.807, 2.05) is 12.1 Å². The van der Waals surface area contributed by atoms with Gasteiger partial charge in [-0.3, -0.25) is 4.90 Å². The summed E-state index contributed by atoms with van der Waals surface area (Å²) in [5.41, 5.74) is 7.65. The van der Waals surface area contributed by atoms with E-state index in [-0.39, 0.29) is 0 Å². The van der Waals surface area contributed by atoms with E-state index in [1.54, 1.807) is 0 Å². The molecule has 1 aliphatic heterocycles. The Hall–Kier alpha value is -1.34. The van der Waals surface area contributed by atoms with Crippen molar-refractivity contribution in [1.82, 2.24) is 4.90 Å². The molecule has 1 unspecified atom stereocenters. The van der Waals surface area contributed by atoms with E-state index in [0.717, 1.165) is 31.6 Å². The van der Waals surface area contributed by atoms with Crippen molar-refractivity contribution >= 4 is 0 Å². The topological polar surface area (TPSA) is 49.5 Å². The van der Waals surface area contributed by atoms with Gasteiger partial charge >= 0.3 is 0 Å². The van der Waals surface area contributed by atoms with E-state index in [1.165, 1.54) is 5.56 Å². The number of hydrogen-bond donors (Lipinski definition) is 2. The highest BCUT2D eigenvalue weighted by molar-refractivity contribution is 5.36. The fraction of sp³-hybridized carbons (Fsp3) is 0.467. The van der Waals surface area contributed by atoms with Gasteiger partial charge in [0.05, 0.1) is 6.54 Å². The number of aliphatic hydroxyl groups excluding tert-OH is 1. The summed E-state index contributed by atoms with van der Waals surface area (Å²) in [6.45, 7) is 3.76. The highest BCUT2D eigenvalue weighted by Gasteiger charge is 2.21. The normalized spacial score (nSPS) is 19.6. The molecule has 1 aliphatic rings. The molecule has 18 heavy (non-hydrogen) atoms. The van der Waals surface area contributed by atoms with E-state index >= 15 is 0 Å². The van der Waals surface area contributed by atoms with Crippen molar-refractivity contribution in [3.05, 3.63) is 35.4 Å². The zero-order valence-corrected chi connectivity index (χ0v) is 10.6. The lowest BCUT2D eigenvalue weighted by Crippen LogP contribution is -2.20. The van der Waals surface area contributed by atoms with Crippen LogP contribution in [0.1, 0.15) is 17.5 Å². The molecule has 96 valence electrons. The molecule has 3 N–H and O–H groups in total. The van der Waals surface area contributed by atoms with Crippen molar-refractivity contribution in [3.63, 3.8) is 0 Å². The third kappa shape index (κ3) is 3.58. The Morgan fingerprint density at radius 2 is 2.11 bits per heavy atom. The molecule has 3 nitrogen and oxygen atoms in total. The van der Waals surface area contributed by atoms with Crippen LogP contribution in [-0.2, 0) is 6.54 Å². The van der Waals surface area contributed by atoms with Gasteiger partial charge in [-0.05, 0) is 36.6 Å². The van der Waals surface area contributed by atoms with Crippen molar-refractivity contribution in [2.24, 2.45) is 11.7 Å². The van der Waals surface area contributed by atoms with E-state index in [9.17, 15) is 0 Å². The molecule has 0 aliphatic carbocycles. The average Bonchev–Trinajstić information content (AvgIpc) is 2.86. The third-order valence-corrected chi connectivity index (χ3v) is 3.32. The maximum Gasteiger partial charge on any atom is 0.0555 e. The van der Waals surface area contributed by atoms with Crippen molar-refractivity contribution in [2.45, 2.75) is 13.0 Å². The monoisotopic (exact) mass is 244 g/mol. The predicted octanol–water partition coefficient (Wildman–Crippen LogP) is 0.811. The van der Waals surface area contributed by atoms with E-state index < -0.39 is 0 Å². The van der Waals surface area contributed by atoms with Crippen LogP contribution in [0.5, 0.6) is 0 Å². The number of rotatable bonds is 3. The summed E-state index contributed by atoms with van der Waals surface area (Å²) < 4.78 is 0. The largest absolute Gasteiger partial charge is 0.396 e. The van der Waals surface area contributed by atoms with Crippen molar-refractivity contribution in [2.75, 3.05) is 26.2 Å². The molecule has 1 heterocycles. The Balaban J connectivity index is 1.90. The first kappa shape index (κ1) is 13.1. The zero-order chi connectivity index (χ0) is 12.8. The van der Waals surface area contributed by atoms with Crippen LogP contribution in [0.4, 0.5) is 0 Å². The lowest BCUT2D eigenvalue weighted by Gasteiger charge is -2.15. The summed E-state index contributed by atoms with van der Waals surface area (Å²) in [4.78, 5) is 2.39. The van der Waals surface area contributed by atoms with Gasteiger partial charge in [-0.25, -0.2) is 0 Å². The molecular formula is C15H20N2O. The summed E-state index contributed by atoms with van der Waals surface area (Å²) in [5.74, 6) is 6.33. The smallest absolute Gasteiger partial charge is 0.0555 e. The standard InChI is InChI=1S/C15H20N2O/c16-8-1-2-13-3-5-14(6-4-13)10-17-9-7-15(11-17)12-18/h3-6,15,18H,7-12,16H2. The maximum atomic E-state index is 9.12. The second-order valence-electron chi connectivity index (χ2n) is 4.78. The van der Waals surface area contributed by atoms with Gasteiger partial charge < -0.3 is 10.8 Å². The first-order valence-electron chi connectivity index (χ1n) is 6.43. The molecule has 3 heteroatoms. The molecule has 0 amide bonds. The number of benzene rings is 1. The number of nitrogens with zero attached hydrogens (tertiary/aromatic N) is 1. The number of hydrogen-bond acceptors (Lipinski definition) is 3. The van der Waals surface area contributed by atoms with Crippen LogP contribution in [0.2, 0.25) is 0 Å². The Kier molecular flexibility index (Phi) is 4.77. The molecule has 0 bridgehead atoms. The second kappa shape index (κ2) is 6.55. The molecular weight excluding hydrogens is 224 g/mol. The maximum absolute atomic E-state index is 9.12. The average molecular weight is 244 g/mol. The summed E-state index contributed by atoms with van der Waals surface area (Å²) in [6.07, 6.45) is 1.11. The molecule has 0 spiro atoms. The predicted molar refractivity (Wildman–Crippen MR) is 72.8 cm³/mol. The van der Waals surface area contributed by atoms with Gasteiger partial charge in [0.1, 0.15) is 0 Å². The summed E-state index contributed by atoms with van der Waals surface area (Å²) >= 11 is 0. The van der Waals surface area contributed by atoms with E-state index in [0.29, 0.717) is 19.1 Å². The van der Waals surface area contributed by atoms with Gasteiger partial charge in [0.2, 0.25) is 0 Å². The molecule has 1 aromatic carbocycles. The molecule has 0 radical (unpaired) electrons. The van der Waals surface area contributed by atoms with Gasteiger partial charge in [0.15, 0.2) is 0 Å². The van der Waals surface area contributed by atoms with Crippen LogP contribution in [0.15, 0.2) is 24.3 Å². The van der Waals surface area contributed by atoms with Crippen LogP contribution in [0.25, 0.3) is 0 Å². The SMILES string of the molecule is NCC#Cc1ccc(CN2CCC(CO)C2)cc1. The van der Waals surface area contributed by atoms with Crippen LogP contribution in [-0.4, -0.2) is 36.2 Å². The quantitative estimate of drug-likeness (QED) is 0.774. The van der Waals surface area contributed by atoms with Crippen molar-refractivity contribution in [1.29, 1.82) is 0 Å². The molecule has 0 saturated carbocycles. The number of likely N-dealkylation sites (tertiary alicyclic amines) is 1. The van der Waals surface area contributed by atoms with Gasteiger partial charge in [-0.2, -0.15) is 0 Å². The van der Waals surface area contributed by atoms with Crippen LogP contribution >= 0.6 is 0 Å². The fourth-order valence-corrected chi connectivity index (χ4v) is 2.31. The third-order valence-electron chi connectivity index (χ3n) is 3.32. The van der Waals surface area contributed by atoms with Crippen molar-refractivity contribution in [3.8, 4) is 11.8 Å². The second-order valence-corrected chi connectivity index (χ2v) is 4.78. The highest BCUT2D eigenvalue weighted by Crippen LogP contribution is 2.18. The Labute approximate surface area is 109 Å². The van der Waals surface area contributed by atoms with E-state index in [4.69, 9.17) is 10.8 Å². The summed E-state index contributed by atoms with van der Waals surface area (Å²) in [6, 6.07) is 8.31. The van der Waals surface area contributed by atoms with Crippen LogP contribution in [0.3, 0.4) is 0 Å². The van der Waals surface area contributed by atoms with Crippen LogP contribution < -0.4 is 5.73 Å². The molecule has 0 aromatic heterocycles. The van der Waals surface area contributed by atoms with Gasteiger partial charge in [0.25, 0.3) is 0 Å². The summed E-state index contributed by atoms with van der Waals surface area (Å²) in [5, 5.41) is 9.12. The molecule has 1 saturated heterocycles. The first-order valence-corrected chi connectivity index (χ1v) is 6.43. The number of aliphatic hydroxyl groups is 1. The fourth-order valence-electron chi connectivity index (χ4n) is 2.31. The minimum Gasteiger partial charge on any atom is -0.396 e. The summed E-state index contributed by atoms with van der Waals surface area (Å²) in [7, 11) is 0. The van der Waals surface area contributed by atoms with E-state index in [2.05, 4.69) is 28.9 Å². The van der Waals surface area contributed by atoms with Gasteiger partial charge in [-0.15, -0.1) is 0 Å². The number of nitrogens with two attached hydrogens (primary N) is 1. The van der Waals surface area contributed by atoms with Gasteiger partial charge in [-0.1, -0.05) is 24.0 Å². The Morgan fingerprint density at radius 3 is 2.72 bits per heavy atom. The van der Waals surface area contributed by atoms with Crippen LogP contribution in [0, 0.1) is 17.8 Å². The molecule has 1 aromatic rings. The van der Waals surface area contributed by atoms with Crippen molar-refractivity contribution < 1.29 is 5.11 Å². The Bertz CT molecular complexity index is 430. The highest BCUT2D eigenvalue weighted by atomic mass is 16.3. The molecule has 1 atom stereocenters. The molecule has 1 fully saturated rings. The molecule has 2 rings (SSSR count). The first-order chi connectivity index (χ1) is 8.81. The minimum atomic E-state index is 0.310. The zero-order valence-electron chi connectivity index (χ0n) is 10.6. The van der Waals surface area contributed by atoms with Gasteiger partial charge in [0, 0.05) is 25.3 Å². The Morgan fingerprint density at radius 1 is 1.33 bits per heavy atom. The lowest BCUT2D eigenvalue weighted by molar-refractivity contribution is 0.220. The minimum absolute atomic E-state index is 0.310.